The van der Waals surface area contributed by atoms with E-state index in [-0.39, 0.29) is 12.2 Å². The highest BCUT2D eigenvalue weighted by Gasteiger charge is 2.31. The molecule has 16 heavy (non-hydrogen) atoms. The van der Waals surface area contributed by atoms with E-state index in [0.29, 0.717) is 11.4 Å². The smallest absolute Gasteiger partial charge is 0.0928 e. The van der Waals surface area contributed by atoms with E-state index in [9.17, 15) is 4.39 Å². The molecule has 1 rings (SSSR count). The molecule has 0 unspecified atom stereocenters. The van der Waals surface area contributed by atoms with E-state index in [4.69, 9.17) is 18.0 Å². The summed E-state index contributed by atoms with van der Waals surface area (Å²) in [4.78, 5) is 5.15. The molecule has 1 aliphatic rings. The Labute approximate surface area is 103 Å². The molecular formula is C11H22FN3S. The van der Waals surface area contributed by atoms with Crippen LogP contribution in [0.2, 0.25) is 0 Å². The molecule has 0 aromatic rings. The van der Waals surface area contributed by atoms with Crippen molar-refractivity contribution in [3.63, 3.8) is 0 Å². The maximum absolute atomic E-state index is 12.0. The van der Waals surface area contributed by atoms with E-state index >= 15 is 0 Å². The molecule has 0 bridgehead atoms. The number of hydrogen-bond donors (Lipinski definition) is 1. The minimum atomic E-state index is -0.224. The monoisotopic (exact) mass is 247 g/mol. The summed E-state index contributed by atoms with van der Waals surface area (Å²) in [6.07, 6.45) is 0.638. The molecule has 5 heteroatoms. The maximum atomic E-state index is 12.0. The fraction of sp³-hybridized carbons (Fsp3) is 0.909. The minimum absolute atomic E-state index is 0.207. The second-order valence-electron chi connectivity index (χ2n) is 4.79. The van der Waals surface area contributed by atoms with Crippen LogP contribution < -0.4 is 5.73 Å². The predicted molar refractivity (Wildman–Crippen MR) is 69.5 cm³/mol. The van der Waals surface area contributed by atoms with Crippen LogP contribution in [0.5, 0.6) is 0 Å². The summed E-state index contributed by atoms with van der Waals surface area (Å²) in [5.74, 6) is 0. The minimum Gasteiger partial charge on any atom is -0.392 e. The molecule has 0 amide bonds. The molecule has 1 fully saturated rings. The Morgan fingerprint density at radius 2 is 1.88 bits per heavy atom. The molecule has 2 N–H and O–H groups in total. The van der Waals surface area contributed by atoms with Crippen molar-refractivity contribution in [1.29, 1.82) is 0 Å². The Bertz CT molecular complexity index is 237. The lowest BCUT2D eigenvalue weighted by Crippen LogP contribution is -2.59. The Hall–Kier alpha value is -0.260. The molecule has 0 aromatic heterocycles. The number of piperazine rings is 1. The quantitative estimate of drug-likeness (QED) is 0.736. The summed E-state index contributed by atoms with van der Waals surface area (Å²) in [5, 5.41) is 0. The SMILES string of the molecule is CC(C)(C(N)=S)N1CCN(CCCF)CC1. The van der Waals surface area contributed by atoms with E-state index in [0.717, 1.165) is 32.7 Å². The van der Waals surface area contributed by atoms with Gasteiger partial charge in [-0.15, -0.1) is 0 Å². The summed E-state index contributed by atoms with van der Waals surface area (Å²) in [7, 11) is 0. The van der Waals surface area contributed by atoms with Crippen LogP contribution in [0.4, 0.5) is 4.39 Å². The highest BCUT2D eigenvalue weighted by atomic mass is 32.1. The second kappa shape index (κ2) is 5.89. The third-order valence-electron chi connectivity index (χ3n) is 3.37. The molecule has 0 spiro atoms. The van der Waals surface area contributed by atoms with Gasteiger partial charge in [-0.1, -0.05) is 12.2 Å². The van der Waals surface area contributed by atoms with Crippen molar-refractivity contribution in [3.05, 3.63) is 0 Å². The summed E-state index contributed by atoms with van der Waals surface area (Å²) in [6.45, 7) is 8.63. The standard InChI is InChI=1S/C11H22FN3S/c1-11(2,10(13)16)15-8-6-14(7-9-15)5-3-4-12/h3-9H2,1-2H3,(H2,13,16). The summed E-state index contributed by atoms with van der Waals surface area (Å²) >= 11 is 5.08. The van der Waals surface area contributed by atoms with Gasteiger partial charge in [-0.05, 0) is 20.3 Å². The number of hydrogen-bond acceptors (Lipinski definition) is 3. The van der Waals surface area contributed by atoms with Gasteiger partial charge in [0, 0.05) is 32.7 Å². The molecule has 0 radical (unpaired) electrons. The molecular weight excluding hydrogens is 225 g/mol. The summed E-state index contributed by atoms with van der Waals surface area (Å²) in [5.41, 5.74) is 5.54. The van der Waals surface area contributed by atoms with Crippen molar-refractivity contribution >= 4 is 17.2 Å². The van der Waals surface area contributed by atoms with Crippen LogP contribution in [0, 0.1) is 0 Å². The van der Waals surface area contributed by atoms with Gasteiger partial charge in [0.05, 0.1) is 17.2 Å². The van der Waals surface area contributed by atoms with Crippen LogP contribution in [0.1, 0.15) is 20.3 Å². The number of nitrogens with two attached hydrogens (primary N) is 1. The van der Waals surface area contributed by atoms with Gasteiger partial charge in [-0.2, -0.15) is 0 Å². The van der Waals surface area contributed by atoms with Gasteiger partial charge >= 0.3 is 0 Å². The largest absolute Gasteiger partial charge is 0.392 e. The predicted octanol–water partition coefficient (Wildman–Crippen LogP) is 1.03. The Morgan fingerprint density at radius 3 is 2.31 bits per heavy atom. The Kier molecular flexibility index (Phi) is 5.08. The highest BCUT2D eigenvalue weighted by molar-refractivity contribution is 7.80. The normalized spacial score (nSPS) is 19.9. The van der Waals surface area contributed by atoms with Gasteiger partial charge in [-0.25, -0.2) is 0 Å². The maximum Gasteiger partial charge on any atom is 0.0928 e. The summed E-state index contributed by atoms with van der Waals surface area (Å²) in [6, 6.07) is 0. The first-order valence-electron chi connectivity index (χ1n) is 5.81. The van der Waals surface area contributed by atoms with Crippen molar-refractivity contribution in [2.24, 2.45) is 5.73 Å². The van der Waals surface area contributed by atoms with E-state index in [1.165, 1.54) is 0 Å². The van der Waals surface area contributed by atoms with Crippen molar-refractivity contribution < 1.29 is 4.39 Å². The number of rotatable bonds is 5. The van der Waals surface area contributed by atoms with Gasteiger partial charge in [0.2, 0.25) is 0 Å². The topological polar surface area (TPSA) is 32.5 Å². The molecule has 3 nitrogen and oxygen atoms in total. The second-order valence-corrected chi connectivity index (χ2v) is 5.23. The molecule has 1 aliphatic heterocycles. The van der Waals surface area contributed by atoms with Gasteiger partial charge in [0.25, 0.3) is 0 Å². The number of thiocarbonyl (C=S) groups is 1. The average Bonchev–Trinajstić information content (AvgIpc) is 2.26. The Morgan fingerprint density at radius 1 is 1.31 bits per heavy atom. The van der Waals surface area contributed by atoms with E-state index in [1.807, 2.05) is 0 Å². The van der Waals surface area contributed by atoms with E-state index in [1.54, 1.807) is 0 Å². The first-order chi connectivity index (χ1) is 7.48. The van der Waals surface area contributed by atoms with E-state index in [2.05, 4.69) is 23.6 Å². The first kappa shape index (κ1) is 13.8. The van der Waals surface area contributed by atoms with Gasteiger partial charge in [0.15, 0.2) is 0 Å². The third-order valence-corrected chi connectivity index (χ3v) is 3.87. The first-order valence-corrected chi connectivity index (χ1v) is 6.22. The molecule has 0 atom stereocenters. The number of alkyl halides is 1. The van der Waals surface area contributed by atoms with Gasteiger partial charge < -0.3 is 10.6 Å². The van der Waals surface area contributed by atoms with Crippen LogP contribution in [-0.4, -0.2) is 59.7 Å². The molecule has 1 saturated heterocycles. The van der Waals surface area contributed by atoms with Crippen LogP contribution in [0.3, 0.4) is 0 Å². The zero-order valence-corrected chi connectivity index (χ0v) is 11.0. The third kappa shape index (κ3) is 3.37. The highest BCUT2D eigenvalue weighted by Crippen LogP contribution is 2.17. The zero-order valence-electron chi connectivity index (χ0n) is 10.2. The Balaban J connectivity index is 2.40. The number of nitrogens with zero attached hydrogens (tertiary/aromatic N) is 2. The fourth-order valence-electron chi connectivity index (χ4n) is 1.97. The molecule has 0 saturated carbocycles. The lowest BCUT2D eigenvalue weighted by atomic mass is 10.0. The molecule has 94 valence electrons. The van der Waals surface area contributed by atoms with E-state index < -0.39 is 0 Å². The van der Waals surface area contributed by atoms with Crippen molar-refractivity contribution in [3.8, 4) is 0 Å². The van der Waals surface area contributed by atoms with Crippen molar-refractivity contribution in [1.82, 2.24) is 9.80 Å². The van der Waals surface area contributed by atoms with Crippen LogP contribution in [0.25, 0.3) is 0 Å². The van der Waals surface area contributed by atoms with Crippen molar-refractivity contribution in [2.75, 3.05) is 39.4 Å². The summed E-state index contributed by atoms with van der Waals surface area (Å²) < 4.78 is 12.0. The molecule has 0 aliphatic carbocycles. The average molecular weight is 247 g/mol. The zero-order chi connectivity index (χ0) is 12.2. The van der Waals surface area contributed by atoms with Crippen LogP contribution in [-0.2, 0) is 0 Å². The van der Waals surface area contributed by atoms with Crippen LogP contribution >= 0.6 is 12.2 Å². The van der Waals surface area contributed by atoms with Gasteiger partial charge in [0.1, 0.15) is 0 Å². The molecule has 1 heterocycles. The number of halogens is 1. The molecule has 0 aromatic carbocycles. The fourth-order valence-corrected chi connectivity index (χ4v) is 2.10. The lowest BCUT2D eigenvalue weighted by Gasteiger charge is -2.43. The van der Waals surface area contributed by atoms with Crippen LogP contribution in [0.15, 0.2) is 0 Å². The van der Waals surface area contributed by atoms with Crippen molar-refractivity contribution in [2.45, 2.75) is 25.8 Å². The van der Waals surface area contributed by atoms with Gasteiger partial charge in [-0.3, -0.25) is 9.29 Å². The lowest BCUT2D eigenvalue weighted by molar-refractivity contribution is 0.0843.